The summed E-state index contributed by atoms with van der Waals surface area (Å²) in [7, 11) is 0. The van der Waals surface area contributed by atoms with E-state index in [1.165, 1.54) is 31.2 Å². The van der Waals surface area contributed by atoms with Gasteiger partial charge in [0.15, 0.2) is 5.78 Å². The highest BCUT2D eigenvalue weighted by atomic mass is 19.1. The van der Waals surface area contributed by atoms with Crippen LogP contribution in [0.5, 0.6) is 0 Å². The standard InChI is InChI=1S/C26H27FN2O5/c1-4-12-26(25(33)34-5-2)21-20(22(28-26)17-9-6-10-18(27)13-17)23(31)29(24(21)32)19-11-7-8-16(14-19)15(3)30/h6-11,13-14,20-22,28H,4-5,12H2,1-3H3/t20-,21+,22-,26-/m0/s1. The number of nitrogens with one attached hydrogen (secondary N) is 1. The van der Waals surface area contributed by atoms with Gasteiger partial charge in [-0.05, 0) is 50.1 Å². The monoisotopic (exact) mass is 466 g/mol. The summed E-state index contributed by atoms with van der Waals surface area (Å²) in [5.74, 6) is -4.30. The summed E-state index contributed by atoms with van der Waals surface area (Å²) in [4.78, 5) is 53.8. The number of amides is 2. The molecule has 4 rings (SSSR count). The van der Waals surface area contributed by atoms with Crippen molar-refractivity contribution >= 4 is 29.3 Å². The molecule has 0 radical (unpaired) electrons. The van der Waals surface area contributed by atoms with Gasteiger partial charge in [0.05, 0.1) is 24.1 Å². The molecule has 2 heterocycles. The normalized spacial score (nSPS) is 26.0. The topological polar surface area (TPSA) is 92.8 Å². The molecule has 7 nitrogen and oxygen atoms in total. The Morgan fingerprint density at radius 2 is 1.82 bits per heavy atom. The Hall–Kier alpha value is -3.39. The van der Waals surface area contributed by atoms with Crippen molar-refractivity contribution in [1.82, 2.24) is 5.32 Å². The summed E-state index contributed by atoms with van der Waals surface area (Å²) in [5, 5.41) is 3.23. The number of imide groups is 1. The molecule has 2 aromatic rings. The summed E-state index contributed by atoms with van der Waals surface area (Å²) < 4.78 is 19.5. The van der Waals surface area contributed by atoms with Crippen molar-refractivity contribution < 1.29 is 28.3 Å². The van der Waals surface area contributed by atoms with Gasteiger partial charge >= 0.3 is 5.97 Å². The van der Waals surface area contributed by atoms with Gasteiger partial charge in [0, 0.05) is 11.6 Å². The fourth-order valence-electron chi connectivity index (χ4n) is 5.28. The second kappa shape index (κ2) is 9.10. The predicted octanol–water partition coefficient (Wildman–Crippen LogP) is 3.58. The third kappa shape index (κ3) is 3.72. The summed E-state index contributed by atoms with van der Waals surface area (Å²) in [6, 6.07) is 11.3. The van der Waals surface area contributed by atoms with E-state index in [0.717, 1.165) is 4.90 Å². The Kier molecular flexibility index (Phi) is 6.36. The fraction of sp³-hybridized carbons (Fsp3) is 0.385. The molecule has 0 bridgehead atoms. The number of fused-ring (bicyclic) bond motifs is 1. The zero-order valence-corrected chi connectivity index (χ0v) is 19.3. The number of ketones is 1. The molecule has 1 N–H and O–H groups in total. The van der Waals surface area contributed by atoms with Crippen molar-refractivity contribution in [1.29, 1.82) is 0 Å². The lowest BCUT2D eigenvalue weighted by atomic mass is 9.77. The number of nitrogens with zero attached hydrogens (tertiary/aromatic N) is 1. The zero-order valence-electron chi connectivity index (χ0n) is 19.3. The maximum atomic E-state index is 14.1. The molecule has 0 aromatic heterocycles. The smallest absolute Gasteiger partial charge is 0.327 e. The van der Waals surface area contributed by atoms with E-state index < -0.39 is 47.0 Å². The molecule has 2 amide bonds. The van der Waals surface area contributed by atoms with Crippen LogP contribution in [-0.2, 0) is 19.1 Å². The van der Waals surface area contributed by atoms with Crippen LogP contribution >= 0.6 is 0 Å². The number of halogens is 1. The first-order chi connectivity index (χ1) is 16.2. The zero-order chi connectivity index (χ0) is 24.6. The molecule has 178 valence electrons. The van der Waals surface area contributed by atoms with E-state index in [0.29, 0.717) is 17.5 Å². The predicted molar refractivity (Wildman–Crippen MR) is 122 cm³/mol. The molecule has 0 spiro atoms. The van der Waals surface area contributed by atoms with Crippen molar-refractivity contribution in [3.05, 3.63) is 65.5 Å². The molecular weight excluding hydrogens is 439 g/mol. The number of carbonyl (C=O) groups is 4. The Bertz CT molecular complexity index is 1170. The number of anilines is 1. The Morgan fingerprint density at radius 1 is 1.09 bits per heavy atom. The van der Waals surface area contributed by atoms with Crippen LogP contribution in [0.2, 0.25) is 0 Å². The van der Waals surface area contributed by atoms with Crippen molar-refractivity contribution in [2.24, 2.45) is 11.8 Å². The summed E-state index contributed by atoms with van der Waals surface area (Å²) in [5.41, 5.74) is -0.339. The Labute approximate surface area is 197 Å². The SMILES string of the molecule is CCC[C@]1(C(=O)OCC)N[C@@H](c2cccc(F)c2)[C@H]2C(=O)N(c3cccc(C(C)=O)c3)C(=O)[C@@H]21. The third-order valence-corrected chi connectivity index (χ3v) is 6.66. The highest BCUT2D eigenvalue weighted by Crippen LogP contribution is 2.51. The highest BCUT2D eigenvalue weighted by molar-refractivity contribution is 6.24. The van der Waals surface area contributed by atoms with E-state index in [4.69, 9.17) is 4.74 Å². The molecule has 8 heteroatoms. The van der Waals surface area contributed by atoms with E-state index in [2.05, 4.69) is 5.32 Å². The second-order valence-corrected chi connectivity index (χ2v) is 8.74. The van der Waals surface area contributed by atoms with Gasteiger partial charge in [-0.25, -0.2) is 9.29 Å². The lowest BCUT2D eigenvalue weighted by Crippen LogP contribution is -2.56. The third-order valence-electron chi connectivity index (χ3n) is 6.66. The van der Waals surface area contributed by atoms with E-state index in [-0.39, 0.29) is 24.5 Å². The van der Waals surface area contributed by atoms with Gasteiger partial charge in [-0.15, -0.1) is 0 Å². The van der Waals surface area contributed by atoms with Crippen molar-refractivity contribution in [2.45, 2.75) is 45.2 Å². The minimum absolute atomic E-state index is 0.112. The maximum absolute atomic E-state index is 14.1. The average molecular weight is 467 g/mol. The Balaban J connectivity index is 1.87. The van der Waals surface area contributed by atoms with E-state index in [9.17, 15) is 23.6 Å². The maximum Gasteiger partial charge on any atom is 0.327 e. The van der Waals surface area contributed by atoms with Crippen molar-refractivity contribution in [3.8, 4) is 0 Å². The number of ether oxygens (including phenoxy) is 1. The minimum Gasteiger partial charge on any atom is -0.465 e. The van der Waals surface area contributed by atoms with E-state index in [1.807, 2.05) is 6.92 Å². The van der Waals surface area contributed by atoms with Crippen molar-refractivity contribution in [2.75, 3.05) is 11.5 Å². The van der Waals surface area contributed by atoms with Crippen molar-refractivity contribution in [3.63, 3.8) is 0 Å². The number of esters is 1. The van der Waals surface area contributed by atoms with Gasteiger partial charge < -0.3 is 4.74 Å². The summed E-state index contributed by atoms with van der Waals surface area (Å²) >= 11 is 0. The second-order valence-electron chi connectivity index (χ2n) is 8.74. The van der Waals surface area contributed by atoms with Crippen LogP contribution < -0.4 is 10.2 Å². The van der Waals surface area contributed by atoms with Gasteiger partial charge in [-0.3, -0.25) is 24.5 Å². The molecule has 2 saturated heterocycles. The molecule has 2 aliphatic rings. The molecule has 0 saturated carbocycles. The molecule has 2 aliphatic heterocycles. The van der Waals surface area contributed by atoms with Gasteiger partial charge in [0.2, 0.25) is 11.8 Å². The van der Waals surface area contributed by atoms with Gasteiger partial charge in [-0.1, -0.05) is 37.6 Å². The molecular formula is C26H27FN2O5. The summed E-state index contributed by atoms with van der Waals surface area (Å²) in [6.07, 6.45) is 0.811. The first kappa shape index (κ1) is 23.8. The number of benzene rings is 2. The van der Waals surface area contributed by atoms with E-state index >= 15 is 0 Å². The van der Waals surface area contributed by atoms with Gasteiger partial charge in [-0.2, -0.15) is 0 Å². The highest BCUT2D eigenvalue weighted by Gasteiger charge is 2.68. The molecule has 0 aliphatic carbocycles. The number of carbonyl (C=O) groups excluding carboxylic acids is 4. The number of hydrogen-bond acceptors (Lipinski definition) is 6. The van der Waals surface area contributed by atoms with Crippen LogP contribution in [0, 0.1) is 17.7 Å². The minimum atomic E-state index is -1.44. The fourth-order valence-corrected chi connectivity index (χ4v) is 5.28. The average Bonchev–Trinajstić information content (AvgIpc) is 3.28. The first-order valence-corrected chi connectivity index (χ1v) is 11.4. The molecule has 4 atom stereocenters. The van der Waals surface area contributed by atoms with Crippen LogP contribution in [0.3, 0.4) is 0 Å². The quantitative estimate of drug-likeness (QED) is 0.381. The molecule has 34 heavy (non-hydrogen) atoms. The largest absolute Gasteiger partial charge is 0.465 e. The summed E-state index contributed by atoms with van der Waals surface area (Å²) in [6.45, 7) is 5.07. The van der Waals surface area contributed by atoms with E-state index in [1.54, 1.807) is 31.2 Å². The van der Waals surface area contributed by atoms with Crippen LogP contribution in [0.25, 0.3) is 0 Å². The van der Waals surface area contributed by atoms with Crippen LogP contribution in [0.15, 0.2) is 48.5 Å². The van der Waals surface area contributed by atoms with Crippen LogP contribution in [0.1, 0.15) is 55.6 Å². The first-order valence-electron chi connectivity index (χ1n) is 11.4. The lowest BCUT2D eigenvalue weighted by molar-refractivity contribution is -0.155. The number of Topliss-reactive ketones (excluding diaryl/α,β-unsaturated/α-hetero) is 1. The number of hydrogen-bond donors (Lipinski definition) is 1. The number of rotatable bonds is 7. The molecule has 0 unspecified atom stereocenters. The van der Waals surface area contributed by atoms with Crippen LogP contribution in [0.4, 0.5) is 10.1 Å². The molecule has 2 aromatic carbocycles. The Morgan fingerprint density at radius 3 is 2.47 bits per heavy atom. The molecule has 2 fully saturated rings. The van der Waals surface area contributed by atoms with Crippen LogP contribution in [-0.4, -0.2) is 35.7 Å². The lowest BCUT2D eigenvalue weighted by Gasteiger charge is -2.32. The van der Waals surface area contributed by atoms with Gasteiger partial charge in [0.1, 0.15) is 11.4 Å². The van der Waals surface area contributed by atoms with Gasteiger partial charge in [0.25, 0.3) is 0 Å².